The van der Waals surface area contributed by atoms with Crippen molar-refractivity contribution in [3.63, 3.8) is 0 Å². The zero-order valence-electron chi connectivity index (χ0n) is 9.10. The lowest BCUT2D eigenvalue weighted by molar-refractivity contribution is 0.102. The van der Waals surface area contributed by atoms with Crippen LogP contribution in [-0.4, -0.2) is 16.0 Å². The third-order valence-electron chi connectivity index (χ3n) is 2.22. The Kier molecular flexibility index (Phi) is 2.97. The lowest BCUT2D eigenvalue weighted by Gasteiger charge is -2.05. The van der Waals surface area contributed by atoms with Crippen LogP contribution in [-0.2, 0) is 0 Å². The van der Waals surface area contributed by atoms with Gasteiger partial charge in [0.15, 0.2) is 5.13 Å². The predicted octanol–water partition coefficient (Wildman–Crippen LogP) is 1.99. The molecule has 2 aromatic rings. The maximum Gasteiger partial charge on any atom is 0.275 e. The third kappa shape index (κ3) is 2.54. The largest absolute Gasteiger partial charge is 0.508 e. The second-order valence-corrected chi connectivity index (χ2v) is 4.42. The normalized spacial score (nSPS) is 10.2. The number of hydrogen-bond acceptors (Lipinski definition) is 5. The molecule has 0 aliphatic carbocycles. The number of amides is 1. The van der Waals surface area contributed by atoms with Gasteiger partial charge < -0.3 is 16.2 Å². The van der Waals surface area contributed by atoms with E-state index in [0.29, 0.717) is 10.8 Å². The minimum Gasteiger partial charge on any atom is -0.508 e. The lowest BCUT2D eigenvalue weighted by atomic mass is 10.2. The smallest absolute Gasteiger partial charge is 0.275 e. The minimum atomic E-state index is -0.346. The Morgan fingerprint density at radius 2 is 2.29 bits per heavy atom. The summed E-state index contributed by atoms with van der Waals surface area (Å²) in [4.78, 5) is 15.6. The second-order valence-electron chi connectivity index (χ2n) is 3.53. The first-order valence-corrected chi connectivity index (χ1v) is 5.76. The maximum atomic E-state index is 11.7. The zero-order valence-corrected chi connectivity index (χ0v) is 9.91. The molecule has 1 amide bonds. The molecule has 0 atom stereocenters. The highest BCUT2D eigenvalue weighted by atomic mass is 32.1. The molecular formula is C11H11N3O2S. The first-order chi connectivity index (χ1) is 8.06. The van der Waals surface area contributed by atoms with Crippen LogP contribution in [0.1, 0.15) is 16.1 Å². The van der Waals surface area contributed by atoms with Crippen LogP contribution in [0.25, 0.3) is 0 Å². The van der Waals surface area contributed by atoms with Gasteiger partial charge in [-0.25, -0.2) is 4.98 Å². The first-order valence-electron chi connectivity index (χ1n) is 4.88. The van der Waals surface area contributed by atoms with Crippen molar-refractivity contribution in [2.24, 2.45) is 0 Å². The van der Waals surface area contributed by atoms with Gasteiger partial charge in [-0.2, -0.15) is 0 Å². The van der Waals surface area contributed by atoms with Gasteiger partial charge in [0.05, 0.1) is 0 Å². The van der Waals surface area contributed by atoms with Crippen molar-refractivity contribution in [2.75, 3.05) is 11.1 Å². The van der Waals surface area contributed by atoms with E-state index in [-0.39, 0.29) is 17.4 Å². The van der Waals surface area contributed by atoms with E-state index in [9.17, 15) is 9.90 Å². The summed E-state index contributed by atoms with van der Waals surface area (Å²) in [5.41, 5.74) is 6.98. The number of nitrogens with zero attached hydrogens (tertiary/aromatic N) is 1. The third-order valence-corrected chi connectivity index (χ3v) is 2.90. The van der Waals surface area contributed by atoms with Gasteiger partial charge >= 0.3 is 0 Å². The first kappa shape index (κ1) is 11.4. The second kappa shape index (κ2) is 4.42. The highest BCUT2D eigenvalue weighted by molar-refractivity contribution is 7.13. The number of carbonyl (C=O) groups excluding carboxylic acids is 1. The molecule has 5 nitrogen and oxygen atoms in total. The van der Waals surface area contributed by atoms with E-state index in [4.69, 9.17) is 5.73 Å². The molecule has 6 heteroatoms. The summed E-state index contributed by atoms with van der Waals surface area (Å²) in [5.74, 6) is -0.207. The van der Waals surface area contributed by atoms with Gasteiger partial charge in [-0.05, 0) is 18.6 Å². The Balaban J connectivity index is 2.15. The topological polar surface area (TPSA) is 88.2 Å². The minimum absolute atomic E-state index is 0.139. The molecule has 1 aromatic carbocycles. The van der Waals surface area contributed by atoms with Crippen molar-refractivity contribution in [2.45, 2.75) is 6.92 Å². The number of hydrogen-bond donors (Lipinski definition) is 3. The van der Waals surface area contributed by atoms with Crippen molar-refractivity contribution in [1.82, 2.24) is 4.98 Å². The number of nitrogen functional groups attached to an aromatic ring is 1. The molecule has 0 fully saturated rings. The number of anilines is 2. The number of nitrogens with one attached hydrogen (secondary N) is 1. The van der Waals surface area contributed by atoms with Gasteiger partial charge in [-0.15, -0.1) is 11.3 Å². The van der Waals surface area contributed by atoms with Gasteiger partial charge in [0.25, 0.3) is 5.91 Å². The number of rotatable bonds is 2. The summed E-state index contributed by atoms with van der Waals surface area (Å²) in [6.07, 6.45) is 0. The molecule has 2 rings (SSSR count). The molecule has 0 spiro atoms. The van der Waals surface area contributed by atoms with E-state index in [1.54, 1.807) is 24.4 Å². The molecule has 0 saturated heterocycles. The Hall–Kier alpha value is -2.08. The fraction of sp³-hybridized carbons (Fsp3) is 0.0909. The number of phenolic OH excluding ortho intramolecular Hbond substituents is 1. The summed E-state index contributed by atoms with van der Waals surface area (Å²) < 4.78 is 0. The molecule has 17 heavy (non-hydrogen) atoms. The van der Waals surface area contributed by atoms with E-state index >= 15 is 0 Å². The molecule has 0 saturated carbocycles. The van der Waals surface area contributed by atoms with Gasteiger partial charge in [0.2, 0.25) is 0 Å². The number of benzene rings is 1. The van der Waals surface area contributed by atoms with Crippen LogP contribution in [0.3, 0.4) is 0 Å². The van der Waals surface area contributed by atoms with Crippen LogP contribution in [0.15, 0.2) is 23.6 Å². The Morgan fingerprint density at radius 3 is 2.88 bits per heavy atom. The molecule has 0 aliphatic heterocycles. The highest BCUT2D eigenvalue weighted by Crippen LogP contribution is 2.21. The fourth-order valence-corrected chi connectivity index (χ4v) is 1.82. The standard InChI is InChI=1S/C11H11N3O2S/c1-6-2-3-7(4-9(6)15)13-10(16)8-5-17-11(12)14-8/h2-5,15H,1H3,(H2,12,14)(H,13,16). The summed E-state index contributed by atoms with van der Waals surface area (Å²) in [6.45, 7) is 1.78. The number of carbonyl (C=O) groups is 1. The molecule has 0 radical (unpaired) electrons. The molecule has 1 aromatic heterocycles. The Morgan fingerprint density at radius 1 is 1.53 bits per heavy atom. The summed E-state index contributed by atoms with van der Waals surface area (Å²) >= 11 is 1.21. The number of aromatic nitrogens is 1. The van der Waals surface area contributed by atoms with E-state index in [0.717, 1.165) is 5.56 Å². The predicted molar refractivity (Wildman–Crippen MR) is 67.3 cm³/mol. The van der Waals surface area contributed by atoms with Gasteiger partial charge in [-0.1, -0.05) is 6.07 Å². The van der Waals surface area contributed by atoms with Crippen LogP contribution >= 0.6 is 11.3 Å². The quantitative estimate of drug-likeness (QED) is 0.759. The van der Waals surface area contributed by atoms with Crippen molar-refractivity contribution >= 4 is 28.1 Å². The maximum absolute atomic E-state index is 11.7. The van der Waals surface area contributed by atoms with Gasteiger partial charge in [0.1, 0.15) is 11.4 Å². The van der Waals surface area contributed by atoms with Crippen LogP contribution in [0, 0.1) is 6.92 Å². The van der Waals surface area contributed by atoms with E-state index in [2.05, 4.69) is 10.3 Å². The lowest BCUT2D eigenvalue weighted by Crippen LogP contribution is -2.12. The van der Waals surface area contributed by atoms with Crippen LogP contribution < -0.4 is 11.1 Å². The van der Waals surface area contributed by atoms with Gasteiger partial charge in [0, 0.05) is 17.1 Å². The molecular weight excluding hydrogens is 238 g/mol. The Bertz CT molecular complexity index is 566. The van der Waals surface area contributed by atoms with Crippen LogP contribution in [0.2, 0.25) is 0 Å². The average molecular weight is 249 g/mol. The van der Waals surface area contributed by atoms with Crippen molar-refractivity contribution in [3.8, 4) is 5.75 Å². The average Bonchev–Trinajstić information content (AvgIpc) is 2.70. The van der Waals surface area contributed by atoms with E-state index in [1.165, 1.54) is 17.4 Å². The van der Waals surface area contributed by atoms with Crippen LogP contribution in [0.4, 0.5) is 10.8 Å². The number of phenols is 1. The van der Waals surface area contributed by atoms with Gasteiger partial charge in [-0.3, -0.25) is 4.79 Å². The number of aryl methyl sites for hydroxylation is 1. The van der Waals surface area contributed by atoms with Crippen molar-refractivity contribution in [3.05, 3.63) is 34.8 Å². The summed E-state index contributed by atoms with van der Waals surface area (Å²) in [7, 11) is 0. The summed E-state index contributed by atoms with van der Waals surface area (Å²) in [5, 5.41) is 14.1. The SMILES string of the molecule is Cc1ccc(NC(=O)c2csc(N)n2)cc1O. The van der Waals surface area contributed by atoms with E-state index < -0.39 is 0 Å². The molecule has 4 N–H and O–H groups in total. The molecule has 0 unspecified atom stereocenters. The van der Waals surface area contributed by atoms with E-state index in [1.807, 2.05) is 0 Å². The number of aromatic hydroxyl groups is 1. The van der Waals surface area contributed by atoms with Crippen molar-refractivity contribution < 1.29 is 9.90 Å². The number of thiazole rings is 1. The molecule has 1 heterocycles. The zero-order chi connectivity index (χ0) is 12.4. The fourth-order valence-electron chi connectivity index (χ4n) is 1.27. The Labute approximate surface area is 102 Å². The summed E-state index contributed by atoms with van der Waals surface area (Å²) in [6, 6.07) is 4.92. The highest BCUT2D eigenvalue weighted by Gasteiger charge is 2.10. The molecule has 0 aliphatic rings. The molecule has 0 bridgehead atoms. The van der Waals surface area contributed by atoms with Crippen LogP contribution in [0.5, 0.6) is 5.75 Å². The van der Waals surface area contributed by atoms with Crippen molar-refractivity contribution in [1.29, 1.82) is 0 Å². The number of nitrogens with two attached hydrogens (primary N) is 1. The monoisotopic (exact) mass is 249 g/mol. The molecule has 88 valence electrons.